The van der Waals surface area contributed by atoms with E-state index in [9.17, 15) is 14.0 Å². The van der Waals surface area contributed by atoms with Crippen molar-refractivity contribution in [3.63, 3.8) is 0 Å². The Morgan fingerprint density at radius 2 is 1.94 bits per heavy atom. The molecule has 2 amide bonds. The Morgan fingerprint density at radius 1 is 1.13 bits per heavy atom. The van der Waals surface area contributed by atoms with Gasteiger partial charge in [0.25, 0.3) is 5.91 Å². The minimum atomic E-state index is -0.314. The fourth-order valence-electron chi connectivity index (χ4n) is 5.13. The van der Waals surface area contributed by atoms with Gasteiger partial charge >= 0.3 is 0 Å². The molecule has 0 radical (unpaired) electrons. The van der Waals surface area contributed by atoms with E-state index < -0.39 is 0 Å². The molecule has 6 nitrogen and oxygen atoms in total. The molecular weight excluding hydrogens is 421 g/mol. The van der Waals surface area contributed by atoms with E-state index in [2.05, 4.69) is 10.1 Å². The molecule has 3 heterocycles. The first-order chi connectivity index (χ1) is 14.6. The van der Waals surface area contributed by atoms with Crippen molar-refractivity contribution in [3.05, 3.63) is 41.4 Å². The first kappa shape index (κ1) is 22.0. The number of hydrogen-bond donors (Lipinski definition) is 0. The molecule has 166 valence electrons. The van der Waals surface area contributed by atoms with Gasteiger partial charge in [-0.2, -0.15) is 0 Å². The maximum atomic E-state index is 13.4. The van der Waals surface area contributed by atoms with E-state index in [1.165, 1.54) is 17.0 Å². The SMILES string of the molecule is Cl.O=C1C2=CCCCC2C(=O)N1CCCN1CCC(c2noc3cc(F)ccc23)CC1. The first-order valence-corrected chi connectivity index (χ1v) is 10.9. The summed E-state index contributed by atoms with van der Waals surface area (Å²) in [7, 11) is 0. The lowest BCUT2D eigenvalue weighted by molar-refractivity contribution is -0.139. The van der Waals surface area contributed by atoms with Gasteiger partial charge in [-0.1, -0.05) is 11.2 Å². The van der Waals surface area contributed by atoms with Crippen molar-refractivity contribution in [1.29, 1.82) is 0 Å². The fourth-order valence-corrected chi connectivity index (χ4v) is 5.13. The second kappa shape index (κ2) is 9.09. The lowest BCUT2D eigenvalue weighted by atomic mass is 9.90. The molecule has 5 rings (SSSR count). The molecule has 0 N–H and O–H groups in total. The average molecular weight is 448 g/mol. The second-order valence-corrected chi connectivity index (χ2v) is 8.62. The van der Waals surface area contributed by atoms with Crippen molar-refractivity contribution in [3.8, 4) is 0 Å². The number of aromatic nitrogens is 1. The van der Waals surface area contributed by atoms with E-state index in [-0.39, 0.29) is 36.0 Å². The third-order valence-electron chi connectivity index (χ3n) is 6.79. The molecule has 0 saturated carbocycles. The van der Waals surface area contributed by atoms with Crippen LogP contribution in [0.4, 0.5) is 4.39 Å². The molecule has 1 atom stereocenters. The molecule has 1 aromatic carbocycles. The molecule has 31 heavy (non-hydrogen) atoms. The Morgan fingerprint density at radius 3 is 2.71 bits per heavy atom. The number of likely N-dealkylation sites (tertiary alicyclic amines) is 2. The quantitative estimate of drug-likeness (QED) is 0.647. The predicted molar refractivity (Wildman–Crippen MR) is 116 cm³/mol. The third-order valence-corrected chi connectivity index (χ3v) is 6.79. The van der Waals surface area contributed by atoms with Gasteiger partial charge in [0.05, 0.1) is 11.6 Å². The van der Waals surface area contributed by atoms with Gasteiger partial charge < -0.3 is 9.42 Å². The van der Waals surface area contributed by atoms with Crippen LogP contribution >= 0.6 is 12.4 Å². The standard InChI is InChI=1S/C23H26FN3O3.ClH/c24-16-6-7-19-20(14-16)30-25-21(19)15-8-12-26(13-9-15)10-3-11-27-22(28)17-4-1-2-5-18(17)23(27)29;/h4,6-7,14-15,18H,1-3,5,8-13H2;1H. The second-order valence-electron chi connectivity index (χ2n) is 8.62. The Hall–Kier alpha value is -2.25. The first-order valence-electron chi connectivity index (χ1n) is 10.9. The summed E-state index contributed by atoms with van der Waals surface area (Å²) in [6.07, 6.45) is 7.40. The van der Waals surface area contributed by atoms with Gasteiger partial charge in [0, 0.05) is 29.5 Å². The van der Waals surface area contributed by atoms with Crippen LogP contribution in [0.5, 0.6) is 0 Å². The number of imide groups is 1. The van der Waals surface area contributed by atoms with Crippen LogP contribution in [0.15, 0.2) is 34.4 Å². The number of fused-ring (bicyclic) bond motifs is 2. The number of halogens is 2. The topological polar surface area (TPSA) is 66.7 Å². The van der Waals surface area contributed by atoms with Crippen LogP contribution in [-0.4, -0.2) is 52.9 Å². The van der Waals surface area contributed by atoms with Crippen LogP contribution in [-0.2, 0) is 9.59 Å². The fraction of sp³-hybridized carbons (Fsp3) is 0.522. The Balaban J connectivity index is 0.00000231. The Kier molecular flexibility index (Phi) is 6.44. The molecule has 1 aliphatic carbocycles. The largest absolute Gasteiger partial charge is 0.356 e. The van der Waals surface area contributed by atoms with E-state index in [1.54, 1.807) is 6.07 Å². The summed E-state index contributed by atoms with van der Waals surface area (Å²) >= 11 is 0. The summed E-state index contributed by atoms with van der Waals surface area (Å²) in [5.74, 6) is -0.264. The van der Waals surface area contributed by atoms with Crippen molar-refractivity contribution in [2.45, 2.75) is 44.4 Å². The maximum absolute atomic E-state index is 13.4. The van der Waals surface area contributed by atoms with Crippen molar-refractivity contribution in [1.82, 2.24) is 15.0 Å². The van der Waals surface area contributed by atoms with Gasteiger partial charge in [-0.3, -0.25) is 14.5 Å². The lowest BCUT2D eigenvalue weighted by Crippen LogP contribution is -2.37. The Labute approximate surface area is 186 Å². The monoisotopic (exact) mass is 447 g/mol. The zero-order chi connectivity index (χ0) is 20.7. The van der Waals surface area contributed by atoms with Crippen LogP contribution in [0.1, 0.15) is 50.1 Å². The molecule has 1 aromatic heterocycles. The average Bonchev–Trinajstić information content (AvgIpc) is 3.29. The summed E-state index contributed by atoms with van der Waals surface area (Å²) in [6.45, 7) is 3.26. The number of allylic oxidation sites excluding steroid dienone is 1. The van der Waals surface area contributed by atoms with Crippen LogP contribution in [0.2, 0.25) is 0 Å². The highest BCUT2D eigenvalue weighted by Crippen LogP contribution is 2.35. The summed E-state index contributed by atoms with van der Waals surface area (Å²) in [5.41, 5.74) is 2.16. The molecular formula is C23H27ClFN3O3. The van der Waals surface area contributed by atoms with Crippen molar-refractivity contribution in [2.75, 3.05) is 26.2 Å². The van der Waals surface area contributed by atoms with Gasteiger partial charge in [0.2, 0.25) is 5.91 Å². The number of benzene rings is 1. The van der Waals surface area contributed by atoms with E-state index in [0.717, 1.165) is 74.8 Å². The van der Waals surface area contributed by atoms with Gasteiger partial charge in [-0.05, 0) is 70.3 Å². The highest BCUT2D eigenvalue weighted by Gasteiger charge is 2.43. The summed E-state index contributed by atoms with van der Waals surface area (Å²) in [4.78, 5) is 28.9. The molecule has 2 aromatic rings. The number of nitrogens with zero attached hydrogens (tertiary/aromatic N) is 3. The summed E-state index contributed by atoms with van der Waals surface area (Å²) < 4.78 is 18.7. The van der Waals surface area contributed by atoms with Crippen molar-refractivity contribution >= 4 is 35.2 Å². The molecule has 2 saturated heterocycles. The highest BCUT2D eigenvalue weighted by atomic mass is 35.5. The number of carbonyl (C=O) groups is 2. The normalized spacial score (nSPS) is 22.5. The summed E-state index contributed by atoms with van der Waals surface area (Å²) in [5, 5.41) is 5.10. The molecule has 0 bridgehead atoms. The van der Waals surface area contributed by atoms with E-state index >= 15 is 0 Å². The molecule has 0 spiro atoms. The minimum Gasteiger partial charge on any atom is -0.356 e. The van der Waals surface area contributed by atoms with Gasteiger partial charge in [0.15, 0.2) is 5.58 Å². The van der Waals surface area contributed by atoms with Crippen LogP contribution in [0, 0.1) is 11.7 Å². The van der Waals surface area contributed by atoms with Gasteiger partial charge in [-0.15, -0.1) is 12.4 Å². The van der Waals surface area contributed by atoms with E-state index in [0.29, 0.717) is 18.0 Å². The van der Waals surface area contributed by atoms with Gasteiger partial charge in [-0.25, -0.2) is 4.39 Å². The zero-order valence-corrected chi connectivity index (χ0v) is 18.2. The number of carbonyl (C=O) groups excluding carboxylic acids is 2. The third kappa shape index (κ3) is 4.13. The molecule has 1 unspecified atom stereocenters. The molecule has 2 aliphatic heterocycles. The van der Waals surface area contributed by atoms with Gasteiger partial charge in [0.1, 0.15) is 5.82 Å². The summed E-state index contributed by atoms with van der Waals surface area (Å²) in [6, 6.07) is 4.58. The lowest BCUT2D eigenvalue weighted by Gasteiger charge is -2.31. The smallest absolute Gasteiger partial charge is 0.256 e. The number of piperidine rings is 1. The highest BCUT2D eigenvalue weighted by molar-refractivity contribution is 6.14. The van der Waals surface area contributed by atoms with E-state index in [1.807, 2.05) is 6.08 Å². The number of rotatable bonds is 5. The molecule has 2 fully saturated rings. The molecule has 3 aliphatic rings. The van der Waals surface area contributed by atoms with Crippen LogP contribution in [0.3, 0.4) is 0 Å². The van der Waals surface area contributed by atoms with Crippen LogP contribution in [0.25, 0.3) is 11.0 Å². The van der Waals surface area contributed by atoms with Crippen LogP contribution < -0.4 is 0 Å². The molecule has 8 heteroatoms. The zero-order valence-electron chi connectivity index (χ0n) is 17.4. The predicted octanol–water partition coefficient (Wildman–Crippen LogP) is 4.05. The maximum Gasteiger partial charge on any atom is 0.256 e. The minimum absolute atomic E-state index is 0. The van der Waals surface area contributed by atoms with Crippen molar-refractivity contribution in [2.24, 2.45) is 5.92 Å². The Bertz CT molecular complexity index is 1010. The van der Waals surface area contributed by atoms with Crippen molar-refractivity contribution < 1.29 is 18.5 Å². The number of hydrogen-bond acceptors (Lipinski definition) is 5. The van der Waals surface area contributed by atoms with E-state index in [4.69, 9.17) is 4.52 Å². The number of amides is 2.